The summed E-state index contributed by atoms with van der Waals surface area (Å²) < 4.78 is 32.7. The molecule has 0 aliphatic carbocycles. The van der Waals surface area contributed by atoms with Crippen LogP contribution in [0.3, 0.4) is 0 Å². The summed E-state index contributed by atoms with van der Waals surface area (Å²) in [6, 6.07) is 0. The second-order valence-electron chi connectivity index (χ2n) is 4.53. The molecule has 8 heteroatoms. The monoisotopic (exact) mass is 274 g/mol. The lowest BCUT2D eigenvalue weighted by Crippen LogP contribution is -2.29. The van der Waals surface area contributed by atoms with Gasteiger partial charge in [-0.1, -0.05) is 0 Å². The summed E-state index contributed by atoms with van der Waals surface area (Å²) in [7, 11) is -0.263. The Hall–Kier alpha value is -1.12. The zero-order valence-corrected chi connectivity index (χ0v) is 11.4. The molecular weight excluding hydrogens is 256 g/mol. The Bertz CT molecular complexity index is 525. The first-order valence-corrected chi connectivity index (χ1v) is 7.17. The Morgan fingerprint density at radius 2 is 2.33 bits per heavy atom. The van der Waals surface area contributed by atoms with Gasteiger partial charge in [-0.2, -0.15) is 9.40 Å². The minimum atomic E-state index is -3.53. The maximum absolute atomic E-state index is 12.4. The van der Waals surface area contributed by atoms with E-state index < -0.39 is 10.0 Å². The average Bonchev–Trinajstić information content (AvgIpc) is 2.86. The normalized spacial score (nSPS) is 21.6. The van der Waals surface area contributed by atoms with Gasteiger partial charge in [0.25, 0.3) is 0 Å². The number of nitrogen functional groups attached to an aromatic ring is 1. The van der Waals surface area contributed by atoms with Gasteiger partial charge >= 0.3 is 0 Å². The highest BCUT2D eigenvalue weighted by Crippen LogP contribution is 2.26. The molecule has 2 heterocycles. The van der Waals surface area contributed by atoms with Crippen molar-refractivity contribution in [1.29, 1.82) is 0 Å². The van der Waals surface area contributed by atoms with Crippen LogP contribution in [0.25, 0.3) is 0 Å². The average molecular weight is 274 g/mol. The van der Waals surface area contributed by atoms with Gasteiger partial charge in [0.05, 0.1) is 6.61 Å². The molecule has 1 aromatic heterocycles. The highest BCUT2D eigenvalue weighted by molar-refractivity contribution is 7.89. The molecule has 0 radical (unpaired) electrons. The number of sulfonamides is 1. The molecule has 0 amide bonds. The molecule has 1 aliphatic heterocycles. The third kappa shape index (κ3) is 2.36. The number of nitrogens with two attached hydrogens (primary N) is 1. The van der Waals surface area contributed by atoms with Crippen LogP contribution in [0, 0.1) is 5.92 Å². The van der Waals surface area contributed by atoms with Gasteiger partial charge in [0.1, 0.15) is 4.90 Å². The van der Waals surface area contributed by atoms with Crippen molar-refractivity contribution in [2.24, 2.45) is 13.0 Å². The highest BCUT2D eigenvalue weighted by Gasteiger charge is 2.34. The number of rotatable bonds is 4. The number of aryl methyl sites for hydroxylation is 1. The van der Waals surface area contributed by atoms with Crippen molar-refractivity contribution in [2.45, 2.75) is 11.3 Å². The molecule has 0 aromatic carbocycles. The van der Waals surface area contributed by atoms with Crippen LogP contribution in [-0.2, 0) is 21.8 Å². The van der Waals surface area contributed by atoms with E-state index in [-0.39, 0.29) is 16.6 Å². The maximum Gasteiger partial charge on any atom is 0.248 e. The zero-order chi connectivity index (χ0) is 13.3. The van der Waals surface area contributed by atoms with Crippen LogP contribution in [0.15, 0.2) is 11.1 Å². The van der Waals surface area contributed by atoms with Gasteiger partial charge in [-0.25, -0.2) is 8.42 Å². The first kappa shape index (κ1) is 13.3. The molecule has 0 spiro atoms. The Morgan fingerprint density at radius 1 is 1.61 bits per heavy atom. The standard InChI is InChI=1S/C10H18N4O3S/c1-13-6-9(10(11)12-13)18(15,16)14-4-3-8(5-14)7-17-2/h6,8H,3-5,7H2,1-2H3,(H2,11,12). The summed E-state index contributed by atoms with van der Waals surface area (Å²) in [6.07, 6.45) is 2.25. The summed E-state index contributed by atoms with van der Waals surface area (Å²) in [5.74, 6) is 0.301. The summed E-state index contributed by atoms with van der Waals surface area (Å²) in [6.45, 7) is 1.56. The maximum atomic E-state index is 12.4. The number of aromatic nitrogens is 2. The second-order valence-corrected chi connectivity index (χ2v) is 6.43. The topological polar surface area (TPSA) is 90.5 Å². The summed E-state index contributed by atoms with van der Waals surface area (Å²) >= 11 is 0. The largest absolute Gasteiger partial charge is 0.384 e. The fourth-order valence-corrected chi connectivity index (χ4v) is 3.83. The molecule has 1 saturated heterocycles. The molecule has 1 unspecified atom stereocenters. The highest BCUT2D eigenvalue weighted by atomic mass is 32.2. The van der Waals surface area contributed by atoms with E-state index in [4.69, 9.17) is 10.5 Å². The van der Waals surface area contributed by atoms with E-state index in [1.165, 1.54) is 15.2 Å². The molecule has 1 aromatic rings. The van der Waals surface area contributed by atoms with Crippen LogP contribution in [0.4, 0.5) is 5.82 Å². The second kappa shape index (κ2) is 4.87. The Morgan fingerprint density at radius 3 is 2.89 bits per heavy atom. The van der Waals surface area contributed by atoms with E-state index in [1.807, 2.05) is 0 Å². The van der Waals surface area contributed by atoms with Crippen molar-refractivity contribution >= 4 is 15.8 Å². The Labute approximate surface area is 107 Å². The van der Waals surface area contributed by atoms with Gasteiger partial charge in [0.2, 0.25) is 10.0 Å². The summed E-state index contributed by atoms with van der Waals surface area (Å²) in [5.41, 5.74) is 5.63. The van der Waals surface area contributed by atoms with E-state index in [2.05, 4.69) is 5.10 Å². The molecule has 2 N–H and O–H groups in total. The number of anilines is 1. The van der Waals surface area contributed by atoms with E-state index in [9.17, 15) is 8.42 Å². The number of ether oxygens (including phenoxy) is 1. The minimum Gasteiger partial charge on any atom is -0.384 e. The van der Waals surface area contributed by atoms with Gasteiger partial charge in [-0.3, -0.25) is 4.68 Å². The van der Waals surface area contributed by atoms with Gasteiger partial charge in [0.15, 0.2) is 5.82 Å². The number of hydrogen-bond donors (Lipinski definition) is 1. The smallest absolute Gasteiger partial charge is 0.248 e. The van der Waals surface area contributed by atoms with E-state index in [0.29, 0.717) is 19.7 Å². The van der Waals surface area contributed by atoms with Crippen LogP contribution < -0.4 is 5.73 Å². The van der Waals surface area contributed by atoms with E-state index in [1.54, 1.807) is 14.2 Å². The summed E-state index contributed by atoms with van der Waals surface area (Å²) in [5, 5.41) is 3.87. The number of hydrogen-bond acceptors (Lipinski definition) is 5. The number of methoxy groups -OCH3 is 1. The number of nitrogens with zero attached hydrogens (tertiary/aromatic N) is 3. The van der Waals surface area contributed by atoms with Crippen molar-refractivity contribution in [3.8, 4) is 0 Å². The molecule has 18 heavy (non-hydrogen) atoms. The van der Waals surface area contributed by atoms with Crippen molar-refractivity contribution in [2.75, 3.05) is 32.5 Å². The van der Waals surface area contributed by atoms with Crippen molar-refractivity contribution in [3.05, 3.63) is 6.20 Å². The third-order valence-corrected chi connectivity index (χ3v) is 4.97. The van der Waals surface area contributed by atoms with Crippen LogP contribution in [0.2, 0.25) is 0 Å². The lowest BCUT2D eigenvalue weighted by Gasteiger charge is -2.15. The molecular formula is C10H18N4O3S. The third-order valence-electron chi connectivity index (χ3n) is 3.09. The van der Waals surface area contributed by atoms with Gasteiger partial charge in [-0.15, -0.1) is 0 Å². The molecule has 102 valence electrons. The van der Waals surface area contributed by atoms with Crippen LogP contribution in [-0.4, -0.2) is 49.3 Å². The lowest BCUT2D eigenvalue weighted by atomic mass is 10.1. The lowest BCUT2D eigenvalue weighted by molar-refractivity contribution is 0.157. The van der Waals surface area contributed by atoms with Gasteiger partial charge in [0, 0.05) is 33.4 Å². The molecule has 0 bridgehead atoms. The first-order chi connectivity index (χ1) is 8.45. The van der Waals surface area contributed by atoms with Crippen molar-refractivity contribution < 1.29 is 13.2 Å². The first-order valence-electron chi connectivity index (χ1n) is 5.73. The Kier molecular flexibility index (Phi) is 3.60. The van der Waals surface area contributed by atoms with Crippen molar-refractivity contribution in [3.63, 3.8) is 0 Å². The van der Waals surface area contributed by atoms with Crippen LogP contribution >= 0.6 is 0 Å². The fourth-order valence-electron chi connectivity index (χ4n) is 2.21. The minimum absolute atomic E-state index is 0.0488. The van der Waals surface area contributed by atoms with Crippen LogP contribution in [0.5, 0.6) is 0 Å². The van der Waals surface area contributed by atoms with Crippen LogP contribution in [0.1, 0.15) is 6.42 Å². The fraction of sp³-hybridized carbons (Fsp3) is 0.700. The molecule has 1 aliphatic rings. The van der Waals surface area contributed by atoms with Crippen molar-refractivity contribution in [1.82, 2.24) is 14.1 Å². The van der Waals surface area contributed by atoms with E-state index >= 15 is 0 Å². The quantitative estimate of drug-likeness (QED) is 0.811. The summed E-state index contributed by atoms with van der Waals surface area (Å²) in [4.78, 5) is 0.0862. The molecule has 2 rings (SSSR count). The Balaban J connectivity index is 2.20. The van der Waals surface area contributed by atoms with E-state index in [0.717, 1.165) is 6.42 Å². The zero-order valence-electron chi connectivity index (χ0n) is 10.5. The molecule has 7 nitrogen and oxygen atoms in total. The van der Waals surface area contributed by atoms with Gasteiger partial charge < -0.3 is 10.5 Å². The van der Waals surface area contributed by atoms with Gasteiger partial charge in [-0.05, 0) is 12.3 Å². The predicted molar refractivity (Wildman–Crippen MR) is 66.4 cm³/mol. The predicted octanol–water partition coefficient (Wildman–Crippen LogP) is -0.341. The SMILES string of the molecule is COCC1CCN(S(=O)(=O)c2cn(C)nc2N)C1. The molecule has 1 fully saturated rings. The molecule has 1 atom stereocenters. The molecule has 0 saturated carbocycles.